The standard InChI is InChI=1S/C15H20O/c1-15(2,3)12-8-10-9-16-13-7-5-4-6-11(13)14(10)12/h4-5,7,11-12H,6,8-9H2,1-3H3. The average molecular weight is 216 g/mol. The molecule has 0 spiro atoms. The first kappa shape index (κ1) is 10.2. The molecule has 0 aromatic carbocycles. The van der Waals surface area contributed by atoms with Gasteiger partial charge in [-0.3, -0.25) is 0 Å². The maximum Gasteiger partial charge on any atom is 0.109 e. The molecule has 0 bridgehead atoms. The Morgan fingerprint density at radius 1 is 1.31 bits per heavy atom. The highest BCUT2D eigenvalue weighted by Gasteiger charge is 2.44. The van der Waals surface area contributed by atoms with E-state index in [0.29, 0.717) is 11.3 Å². The van der Waals surface area contributed by atoms with Gasteiger partial charge in [0.15, 0.2) is 0 Å². The third kappa shape index (κ3) is 1.37. The van der Waals surface area contributed by atoms with Gasteiger partial charge in [-0.15, -0.1) is 0 Å². The van der Waals surface area contributed by atoms with E-state index in [1.54, 1.807) is 11.1 Å². The lowest BCUT2D eigenvalue weighted by Gasteiger charge is -2.48. The Kier molecular flexibility index (Phi) is 2.07. The summed E-state index contributed by atoms with van der Waals surface area (Å²) in [5.41, 5.74) is 3.69. The SMILES string of the molecule is CC(C)(C)C1CC2=C1C1CC=CC=C1OC2. The van der Waals surface area contributed by atoms with Crippen molar-refractivity contribution in [2.24, 2.45) is 17.3 Å². The minimum atomic E-state index is 0.405. The Morgan fingerprint density at radius 3 is 2.88 bits per heavy atom. The van der Waals surface area contributed by atoms with Crippen molar-refractivity contribution in [1.29, 1.82) is 0 Å². The van der Waals surface area contributed by atoms with E-state index in [1.807, 2.05) is 0 Å². The highest BCUT2D eigenvalue weighted by molar-refractivity contribution is 5.41. The molecule has 2 unspecified atom stereocenters. The van der Waals surface area contributed by atoms with Crippen molar-refractivity contribution < 1.29 is 4.74 Å². The summed E-state index contributed by atoms with van der Waals surface area (Å²) in [7, 11) is 0. The molecule has 2 aliphatic carbocycles. The number of allylic oxidation sites excluding steroid dienone is 4. The molecular weight excluding hydrogens is 196 g/mol. The largest absolute Gasteiger partial charge is 0.493 e. The second-order valence-electron chi connectivity index (χ2n) is 6.26. The molecule has 2 atom stereocenters. The first-order chi connectivity index (χ1) is 7.57. The summed E-state index contributed by atoms with van der Waals surface area (Å²) < 4.78 is 5.83. The summed E-state index contributed by atoms with van der Waals surface area (Å²) in [4.78, 5) is 0. The quantitative estimate of drug-likeness (QED) is 0.559. The summed E-state index contributed by atoms with van der Waals surface area (Å²) in [6, 6.07) is 0. The Balaban J connectivity index is 1.94. The van der Waals surface area contributed by atoms with Gasteiger partial charge in [-0.25, -0.2) is 0 Å². The lowest BCUT2D eigenvalue weighted by atomic mass is 9.59. The van der Waals surface area contributed by atoms with E-state index < -0.39 is 0 Å². The van der Waals surface area contributed by atoms with Gasteiger partial charge in [0.05, 0.1) is 0 Å². The normalized spacial score (nSPS) is 32.3. The molecule has 0 amide bonds. The molecule has 1 nitrogen and oxygen atoms in total. The van der Waals surface area contributed by atoms with E-state index in [4.69, 9.17) is 4.74 Å². The van der Waals surface area contributed by atoms with E-state index in [9.17, 15) is 0 Å². The first-order valence-electron chi connectivity index (χ1n) is 6.28. The molecule has 1 heteroatoms. The molecule has 3 aliphatic rings. The van der Waals surface area contributed by atoms with Gasteiger partial charge in [-0.1, -0.05) is 38.5 Å². The maximum atomic E-state index is 5.83. The van der Waals surface area contributed by atoms with Crippen molar-refractivity contribution in [2.45, 2.75) is 33.6 Å². The van der Waals surface area contributed by atoms with Crippen LogP contribution in [-0.4, -0.2) is 6.61 Å². The van der Waals surface area contributed by atoms with Crippen LogP contribution >= 0.6 is 0 Å². The molecular formula is C15H20O. The molecule has 1 aliphatic heterocycles. The first-order valence-corrected chi connectivity index (χ1v) is 6.28. The molecule has 0 fully saturated rings. The van der Waals surface area contributed by atoms with Crippen LogP contribution in [0.25, 0.3) is 0 Å². The number of hydrogen-bond donors (Lipinski definition) is 0. The van der Waals surface area contributed by atoms with Crippen LogP contribution in [-0.2, 0) is 4.74 Å². The molecule has 3 rings (SSSR count). The minimum Gasteiger partial charge on any atom is -0.493 e. The number of ether oxygens (including phenoxy) is 1. The van der Waals surface area contributed by atoms with Crippen LogP contribution < -0.4 is 0 Å². The predicted octanol–water partition coefficient (Wildman–Crippen LogP) is 3.84. The summed E-state index contributed by atoms with van der Waals surface area (Å²) in [5, 5.41) is 0. The molecule has 0 aromatic heterocycles. The molecule has 86 valence electrons. The van der Waals surface area contributed by atoms with E-state index in [1.165, 1.54) is 12.2 Å². The van der Waals surface area contributed by atoms with Crippen LogP contribution in [0.15, 0.2) is 35.1 Å². The van der Waals surface area contributed by atoms with Crippen molar-refractivity contribution in [3.8, 4) is 0 Å². The minimum absolute atomic E-state index is 0.405. The smallest absolute Gasteiger partial charge is 0.109 e. The van der Waals surface area contributed by atoms with Crippen LogP contribution in [0.1, 0.15) is 33.6 Å². The molecule has 0 radical (unpaired) electrons. The molecule has 1 heterocycles. The molecule has 0 aromatic rings. The van der Waals surface area contributed by atoms with Crippen molar-refractivity contribution >= 4 is 0 Å². The predicted molar refractivity (Wildman–Crippen MR) is 65.9 cm³/mol. The molecule has 16 heavy (non-hydrogen) atoms. The van der Waals surface area contributed by atoms with E-state index >= 15 is 0 Å². The highest BCUT2D eigenvalue weighted by atomic mass is 16.5. The monoisotopic (exact) mass is 216 g/mol. The van der Waals surface area contributed by atoms with Gasteiger partial charge >= 0.3 is 0 Å². The number of rotatable bonds is 0. The molecule has 0 N–H and O–H groups in total. The Morgan fingerprint density at radius 2 is 2.12 bits per heavy atom. The van der Waals surface area contributed by atoms with E-state index in [0.717, 1.165) is 18.9 Å². The van der Waals surface area contributed by atoms with Crippen LogP contribution in [0, 0.1) is 17.3 Å². The lowest BCUT2D eigenvalue weighted by Crippen LogP contribution is -2.39. The fraction of sp³-hybridized carbons (Fsp3) is 0.600. The lowest BCUT2D eigenvalue weighted by molar-refractivity contribution is 0.128. The third-order valence-corrected chi connectivity index (χ3v) is 4.18. The van der Waals surface area contributed by atoms with Gasteiger partial charge < -0.3 is 4.74 Å². The Hall–Kier alpha value is -0.980. The second-order valence-corrected chi connectivity index (χ2v) is 6.26. The van der Waals surface area contributed by atoms with Gasteiger partial charge in [0.1, 0.15) is 12.4 Å². The maximum absolute atomic E-state index is 5.83. The summed E-state index contributed by atoms with van der Waals surface area (Å²) in [5.74, 6) is 2.54. The van der Waals surface area contributed by atoms with E-state index in [2.05, 4.69) is 39.0 Å². The highest BCUT2D eigenvalue weighted by Crippen LogP contribution is 2.54. The summed E-state index contributed by atoms with van der Waals surface area (Å²) >= 11 is 0. The van der Waals surface area contributed by atoms with Crippen LogP contribution in [0.4, 0.5) is 0 Å². The van der Waals surface area contributed by atoms with Gasteiger partial charge in [-0.05, 0) is 35.8 Å². The Labute approximate surface area is 97.9 Å². The average Bonchev–Trinajstić information content (AvgIpc) is 2.15. The van der Waals surface area contributed by atoms with Gasteiger partial charge in [0.25, 0.3) is 0 Å². The number of hydrogen-bond acceptors (Lipinski definition) is 1. The number of fused-ring (bicyclic) bond motifs is 2. The van der Waals surface area contributed by atoms with Crippen LogP contribution in [0.3, 0.4) is 0 Å². The van der Waals surface area contributed by atoms with Gasteiger partial charge in [-0.2, -0.15) is 0 Å². The Bertz CT molecular complexity index is 404. The summed E-state index contributed by atoms with van der Waals surface area (Å²) in [6.07, 6.45) is 8.94. The zero-order valence-electron chi connectivity index (χ0n) is 10.4. The zero-order chi connectivity index (χ0) is 11.3. The molecule has 0 saturated carbocycles. The van der Waals surface area contributed by atoms with Crippen LogP contribution in [0.5, 0.6) is 0 Å². The van der Waals surface area contributed by atoms with Crippen molar-refractivity contribution in [3.63, 3.8) is 0 Å². The topological polar surface area (TPSA) is 9.23 Å². The van der Waals surface area contributed by atoms with Crippen molar-refractivity contribution in [2.75, 3.05) is 6.61 Å². The van der Waals surface area contributed by atoms with Crippen LogP contribution in [0.2, 0.25) is 0 Å². The third-order valence-electron chi connectivity index (χ3n) is 4.18. The molecule has 0 saturated heterocycles. The zero-order valence-corrected chi connectivity index (χ0v) is 10.4. The van der Waals surface area contributed by atoms with E-state index in [-0.39, 0.29) is 0 Å². The van der Waals surface area contributed by atoms with Crippen molar-refractivity contribution in [1.82, 2.24) is 0 Å². The van der Waals surface area contributed by atoms with Crippen molar-refractivity contribution in [3.05, 3.63) is 35.1 Å². The summed E-state index contributed by atoms with van der Waals surface area (Å²) in [6.45, 7) is 7.93. The van der Waals surface area contributed by atoms with Gasteiger partial charge in [0, 0.05) is 5.92 Å². The fourth-order valence-corrected chi connectivity index (χ4v) is 3.20. The van der Waals surface area contributed by atoms with Gasteiger partial charge in [0.2, 0.25) is 0 Å². The second kappa shape index (κ2) is 3.26. The fourth-order valence-electron chi connectivity index (χ4n) is 3.20.